The van der Waals surface area contributed by atoms with Crippen molar-refractivity contribution in [1.29, 1.82) is 0 Å². The molecule has 4 atom stereocenters. The molecular formula is C13H23N3O2S. The lowest BCUT2D eigenvalue weighted by Crippen LogP contribution is -2.46. The first-order chi connectivity index (χ1) is 9.02. The van der Waals surface area contributed by atoms with Gasteiger partial charge in [0.2, 0.25) is 11.8 Å². The van der Waals surface area contributed by atoms with E-state index in [0.29, 0.717) is 31.3 Å². The monoisotopic (exact) mass is 285 g/mol. The quantitative estimate of drug-likeness (QED) is 0.730. The fraction of sp³-hybridized carbons (Fsp3) is 0.846. The number of nitrogens with zero attached hydrogens (tertiary/aromatic N) is 1. The summed E-state index contributed by atoms with van der Waals surface area (Å²) < 4.78 is 0. The van der Waals surface area contributed by atoms with Crippen LogP contribution in [0.5, 0.6) is 0 Å². The van der Waals surface area contributed by atoms with Crippen molar-refractivity contribution < 1.29 is 9.59 Å². The van der Waals surface area contributed by atoms with Crippen LogP contribution in [0.2, 0.25) is 0 Å². The molecule has 3 N–H and O–H groups in total. The number of hydrogen-bond acceptors (Lipinski definition) is 4. The molecule has 5 nitrogen and oxygen atoms in total. The highest BCUT2D eigenvalue weighted by Crippen LogP contribution is 2.37. The highest BCUT2D eigenvalue weighted by atomic mass is 32.2. The minimum Gasteiger partial charge on any atom is -0.350 e. The van der Waals surface area contributed by atoms with E-state index in [2.05, 4.69) is 12.2 Å². The van der Waals surface area contributed by atoms with Crippen molar-refractivity contribution in [1.82, 2.24) is 10.2 Å². The van der Waals surface area contributed by atoms with Crippen molar-refractivity contribution in [3.8, 4) is 0 Å². The second-order valence-corrected chi connectivity index (χ2v) is 6.61. The maximum Gasteiger partial charge on any atom is 0.237 e. The number of rotatable bonds is 6. The fourth-order valence-electron chi connectivity index (χ4n) is 2.57. The minimum atomic E-state index is -0.462. The zero-order chi connectivity index (χ0) is 14.0. The maximum absolute atomic E-state index is 11.9. The van der Waals surface area contributed by atoms with E-state index < -0.39 is 6.04 Å². The first-order valence-electron chi connectivity index (χ1n) is 6.87. The predicted molar refractivity (Wildman–Crippen MR) is 76.8 cm³/mol. The van der Waals surface area contributed by atoms with Crippen LogP contribution in [-0.4, -0.2) is 53.4 Å². The van der Waals surface area contributed by atoms with Crippen LogP contribution in [0.15, 0.2) is 0 Å². The molecule has 0 aromatic carbocycles. The second-order valence-electron chi connectivity index (χ2n) is 5.62. The molecule has 2 amide bonds. The minimum absolute atomic E-state index is 0.0619. The molecule has 0 radical (unpaired) electrons. The summed E-state index contributed by atoms with van der Waals surface area (Å²) in [7, 11) is 0. The molecule has 2 rings (SSSR count). The Kier molecular flexibility index (Phi) is 4.73. The number of likely N-dealkylation sites (tertiary alicyclic amines) is 1. The lowest BCUT2D eigenvalue weighted by atomic mass is 10.2. The molecule has 0 bridgehead atoms. The topological polar surface area (TPSA) is 75.4 Å². The number of carbonyl (C=O) groups is 2. The summed E-state index contributed by atoms with van der Waals surface area (Å²) in [5.41, 5.74) is 5.82. The zero-order valence-corrected chi connectivity index (χ0v) is 12.4. The van der Waals surface area contributed by atoms with Gasteiger partial charge in [0.15, 0.2) is 0 Å². The fourth-order valence-corrected chi connectivity index (χ4v) is 3.06. The van der Waals surface area contributed by atoms with E-state index in [1.54, 1.807) is 11.8 Å². The van der Waals surface area contributed by atoms with Gasteiger partial charge in [-0.1, -0.05) is 6.92 Å². The van der Waals surface area contributed by atoms with Gasteiger partial charge in [0, 0.05) is 19.0 Å². The summed E-state index contributed by atoms with van der Waals surface area (Å²) in [5, 5.41) is 2.91. The molecule has 1 aliphatic heterocycles. The third-order valence-electron chi connectivity index (χ3n) is 3.94. The average molecular weight is 285 g/mol. The van der Waals surface area contributed by atoms with Gasteiger partial charge in [-0.15, -0.1) is 0 Å². The number of amides is 2. The Hall–Kier alpha value is -0.750. The van der Waals surface area contributed by atoms with Crippen molar-refractivity contribution in [3.05, 3.63) is 0 Å². The standard InChI is InChI=1S/C13H23N3O2S/c1-8-5-11(8)16-7-9(6-12(16)17)15-13(18)10(14)3-4-19-2/h8-11H,3-7,14H2,1-2H3,(H,15,18)/t8-,9-,10+,11+/m1/s1. The second kappa shape index (κ2) is 6.13. The summed E-state index contributed by atoms with van der Waals surface area (Å²) in [5.74, 6) is 1.53. The van der Waals surface area contributed by atoms with Crippen LogP contribution in [0.1, 0.15) is 26.2 Å². The molecule has 0 spiro atoms. The number of thioether (sulfide) groups is 1. The van der Waals surface area contributed by atoms with Crippen molar-refractivity contribution in [2.75, 3.05) is 18.6 Å². The molecule has 0 unspecified atom stereocenters. The van der Waals surface area contributed by atoms with Crippen LogP contribution in [0.4, 0.5) is 0 Å². The van der Waals surface area contributed by atoms with Crippen LogP contribution in [-0.2, 0) is 9.59 Å². The van der Waals surface area contributed by atoms with Crippen LogP contribution in [0, 0.1) is 5.92 Å². The van der Waals surface area contributed by atoms with Crippen molar-refractivity contribution >= 4 is 23.6 Å². The average Bonchev–Trinajstić information content (AvgIpc) is 2.97. The van der Waals surface area contributed by atoms with Gasteiger partial charge in [0.05, 0.1) is 12.1 Å². The highest BCUT2D eigenvalue weighted by Gasteiger charge is 2.44. The van der Waals surface area contributed by atoms with E-state index in [4.69, 9.17) is 5.73 Å². The smallest absolute Gasteiger partial charge is 0.237 e. The van der Waals surface area contributed by atoms with Gasteiger partial charge in [-0.25, -0.2) is 0 Å². The lowest BCUT2D eigenvalue weighted by molar-refractivity contribution is -0.128. The molecule has 1 aliphatic carbocycles. The van der Waals surface area contributed by atoms with Gasteiger partial charge < -0.3 is 16.0 Å². The van der Waals surface area contributed by atoms with Gasteiger partial charge in [-0.3, -0.25) is 9.59 Å². The van der Waals surface area contributed by atoms with E-state index >= 15 is 0 Å². The summed E-state index contributed by atoms with van der Waals surface area (Å²) in [6.45, 7) is 2.80. The Labute approximate surface area is 118 Å². The Bertz CT molecular complexity index is 364. The molecule has 1 heterocycles. The molecule has 6 heteroatoms. The Balaban J connectivity index is 1.77. The molecule has 0 aromatic heterocycles. The molecule has 1 saturated carbocycles. The molecule has 1 saturated heterocycles. The third kappa shape index (κ3) is 3.63. The number of nitrogens with one attached hydrogen (secondary N) is 1. The van der Waals surface area contributed by atoms with Crippen LogP contribution in [0.25, 0.3) is 0 Å². The first-order valence-corrected chi connectivity index (χ1v) is 8.26. The lowest BCUT2D eigenvalue weighted by Gasteiger charge is -2.18. The van der Waals surface area contributed by atoms with Crippen LogP contribution >= 0.6 is 11.8 Å². The Morgan fingerprint density at radius 2 is 2.32 bits per heavy atom. The molecule has 0 aromatic rings. The summed E-state index contributed by atoms with van der Waals surface area (Å²) in [4.78, 5) is 25.7. The van der Waals surface area contributed by atoms with E-state index in [-0.39, 0.29) is 17.9 Å². The van der Waals surface area contributed by atoms with Gasteiger partial charge in [0.1, 0.15) is 0 Å². The first kappa shape index (κ1) is 14.7. The summed E-state index contributed by atoms with van der Waals surface area (Å²) in [6.07, 6.45) is 4.19. The largest absolute Gasteiger partial charge is 0.350 e. The Morgan fingerprint density at radius 3 is 2.89 bits per heavy atom. The number of hydrogen-bond donors (Lipinski definition) is 2. The molecule has 108 valence electrons. The highest BCUT2D eigenvalue weighted by molar-refractivity contribution is 7.98. The normalized spacial score (nSPS) is 31.4. The molecule has 2 fully saturated rings. The SMILES string of the molecule is CSCC[C@H](N)C(=O)N[C@@H]1CC(=O)N([C@H]2C[C@H]2C)C1. The zero-order valence-electron chi connectivity index (χ0n) is 11.6. The van der Waals surface area contributed by atoms with Crippen molar-refractivity contribution in [2.45, 2.75) is 44.3 Å². The summed E-state index contributed by atoms with van der Waals surface area (Å²) in [6, 6.07) is -0.121. The molecule has 2 aliphatic rings. The van der Waals surface area contributed by atoms with Crippen molar-refractivity contribution in [3.63, 3.8) is 0 Å². The van der Waals surface area contributed by atoms with Gasteiger partial charge in [0.25, 0.3) is 0 Å². The summed E-state index contributed by atoms with van der Waals surface area (Å²) >= 11 is 1.68. The van der Waals surface area contributed by atoms with Crippen LogP contribution < -0.4 is 11.1 Å². The molecule has 19 heavy (non-hydrogen) atoms. The predicted octanol–water partition coefficient (Wildman–Crippen LogP) is 0.192. The van der Waals surface area contributed by atoms with Crippen LogP contribution in [0.3, 0.4) is 0 Å². The van der Waals surface area contributed by atoms with Gasteiger partial charge in [-0.05, 0) is 30.8 Å². The number of carbonyl (C=O) groups excluding carboxylic acids is 2. The van der Waals surface area contributed by atoms with E-state index in [0.717, 1.165) is 12.2 Å². The third-order valence-corrected chi connectivity index (χ3v) is 4.59. The maximum atomic E-state index is 11.9. The van der Waals surface area contributed by atoms with E-state index in [1.807, 2.05) is 11.2 Å². The van der Waals surface area contributed by atoms with Crippen molar-refractivity contribution in [2.24, 2.45) is 11.7 Å². The van der Waals surface area contributed by atoms with E-state index in [9.17, 15) is 9.59 Å². The molecular weight excluding hydrogens is 262 g/mol. The van der Waals surface area contributed by atoms with E-state index in [1.165, 1.54) is 0 Å². The van der Waals surface area contributed by atoms with Gasteiger partial charge in [-0.2, -0.15) is 11.8 Å². The van der Waals surface area contributed by atoms with Gasteiger partial charge >= 0.3 is 0 Å². The Morgan fingerprint density at radius 1 is 1.63 bits per heavy atom. The number of nitrogens with two attached hydrogens (primary N) is 1.